The van der Waals surface area contributed by atoms with Gasteiger partial charge < -0.3 is 9.88 Å². The number of fused-ring (bicyclic) bond motifs is 1. The summed E-state index contributed by atoms with van der Waals surface area (Å²) >= 11 is 0. The highest BCUT2D eigenvalue weighted by atomic mass is 16.2. The Morgan fingerprint density at radius 2 is 2.00 bits per heavy atom. The Morgan fingerprint density at radius 3 is 2.70 bits per heavy atom. The van der Waals surface area contributed by atoms with Gasteiger partial charge in [0, 0.05) is 25.5 Å². The first-order valence-corrected chi connectivity index (χ1v) is 7.22. The smallest absolute Gasteiger partial charge is 0.252 e. The highest BCUT2D eigenvalue weighted by Crippen LogP contribution is 2.17. The van der Waals surface area contributed by atoms with Gasteiger partial charge in [-0.1, -0.05) is 18.2 Å². The molecule has 2 aromatic heterocycles. The summed E-state index contributed by atoms with van der Waals surface area (Å²) < 4.78 is 3.13. The Balaban J connectivity index is 2.00. The summed E-state index contributed by atoms with van der Waals surface area (Å²) in [4.78, 5) is 28.8. The average Bonchev–Trinajstić information content (AvgIpc) is 2.97. The Bertz CT molecular complexity index is 941. The Hall–Kier alpha value is -2.96. The van der Waals surface area contributed by atoms with E-state index in [0.29, 0.717) is 11.4 Å². The predicted molar refractivity (Wildman–Crippen MR) is 86.1 cm³/mol. The number of aryl methyl sites for hydroxylation is 2. The molecule has 7 heteroatoms. The number of carbonyl (C=O) groups is 1. The Labute approximate surface area is 132 Å². The van der Waals surface area contributed by atoms with E-state index in [1.54, 1.807) is 18.8 Å². The first-order chi connectivity index (χ1) is 11.0. The molecule has 0 aliphatic heterocycles. The van der Waals surface area contributed by atoms with Gasteiger partial charge in [0.15, 0.2) is 0 Å². The molecule has 0 saturated heterocycles. The molecule has 1 aromatic carbocycles. The van der Waals surface area contributed by atoms with Crippen molar-refractivity contribution in [3.05, 3.63) is 58.4 Å². The van der Waals surface area contributed by atoms with Gasteiger partial charge in [0.05, 0.1) is 17.1 Å². The molecule has 0 spiro atoms. The van der Waals surface area contributed by atoms with E-state index in [4.69, 9.17) is 0 Å². The van der Waals surface area contributed by atoms with Gasteiger partial charge in [-0.05, 0) is 13.0 Å². The van der Waals surface area contributed by atoms with Gasteiger partial charge in [-0.3, -0.25) is 14.3 Å². The number of nitrogens with one attached hydrogen (secondary N) is 1. The molecule has 2 heterocycles. The van der Waals surface area contributed by atoms with Crippen molar-refractivity contribution in [1.29, 1.82) is 0 Å². The van der Waals surface area contributed by atoms with Gasteiger partial charge in [-0.2, -0.15) is 5.10 Å². The van der Waals surface area contributed by atoms with Gasteiger partial charge in [0.2, 0.25) is 0 Å². The van der Waals surface area contributed by atoms with Crippen molar-refractivity contribution < 1.29 is 4.79 Å². The number of nitrogens with zero attached hydrogens (tertiary/aromatic N) is 4. The molecular weight excluding hydrogens is 294 g/mol. The van der Waals surface area contributed by atoms with Gasteiger partial charge in [0.1, 0.15) is 12.2 Å². The highest BCUT2D eigenvalue weighted by molar-refractivity contribution is 6.06. The van der Waals surface area contributed by atoms with Gasteiger partial charge >= 0.3 is 0 Å². The number of pyridine rings is 1. The second kappa shape index (κ2) is 5.68. The molecule has 0 saturated carbocycles. The number of hydrogen-bond donors (Lipinski definition) is 1. The van der Waals surface area contributed by atoms with Crippen LogP contribution in [0.3, 0.4) is 0 Å². The number of aromatic nitrogens is 4. The lowest BCUT2D eigenvalue weighted by Gasteiger charge is -2.15. The second-order valence-corrected chi connectivity index (χ2v) is 5.41. The van der Waals surface area contributed by atoms with E-state index in [1.807, 2.05) is 31.2 Å². The summed E-state index contributed by atoms with van der Waals surface area (Å²) in [6, 6.07) is 8.37. The maximum absolute atomic E-state index is 12.6. The minimum absolute atomic E-state index is 0.222. The topological polar surface area (TPSA) is 81.8 Å². The van der Waals surface area contributed by atoms with Crippen molar-refractivity contribution in [2.45, 2.75) is 13.0 Å². The molecule has 0 bridgehead atoms. The van der Waals surface area contributed by atoms with Crippen molar-refractivity contribution in [2.24, 2.45) is 14.1 Å². The molecule has 3 aromatic rings. The second-order valence-electron chi connectivity index (χ2n) is 5.41. The minimum Gasteiger partial charge on any atom is -0.342 e. The maximum Gasteiger partial charge on any atom is 0.252 e. The third-order valence-electron chi connectivity index (χ3n) is 3.88. The molecule has 0 aliphatic rings. The van der Waals surface area contributed by atoms with Crippen LogP contribution in [0.25, 0.3) is 10.9 Å². The SMILES string of the molecule is CC(NC(=O)c1cc(=O)n(C)c2ccccc12)c1ncnn1C. The number of para-hydroxylation sites is 1. The van der Waals surface area contributed by atoms with Crippen LogP contribution in [-0.2, 0) is 14.1 Å². The monoisotopic (exact) mass is 311 g/mol. The number of benzene rings is 1. The molecule has 7 nitrogen and oxygen atoms in total. The first kappa shape index (κ1) is 15.0. The van der Waals surface area contributed by atoms with Gasteiger partial charge in [-0.25, -0.2) is 4.98 Å². The van der Waals surface area contributed by atoms with Crippen molar-refractivity contribution in [3.8, 4) is 0 Å². The molecule has 23 heavy (non-hydrogen) atoms. The maximum atomic E-state index is 12.6. The summed E-state index contributed by atoms with van der Waals surface area (Å²) in [5.41, 5.74) is 0.856. The third kappa shape index (κ3) is 2.61. The van der Waals surface area contributed by atoms with E-state index in [-0.39, 0.29) is 17.5 Å². The molecular formula is C16H17N5O2. The van der Waals surface area contributed by atoms with Crippen LogP contribution in [0.2, 0.25) is 0 Å². The number of amides is 1. The van der Waals surface area contributed by atoms with Crippen LogP contribution in [0.15, 0.2) is 41.5 Å². The highest BCUT2D eigenvalue weighted by Gasteiger charge is 2.18. The fraction of sp³-hybridized carbons (Fsp3) is 0.250. The van der Waals surface area contributed by atoms with Crippen LogP contribution in [-0.4, -0.2) is 25.2 Å². The molecule has 0 radical (unpaired) electrons. The normalized spacial score (nSPS) is 12.3. The summed E-state index contributed by atoms with van der Waals surface area (Å²) in [7, 11) is 3.45. The standard InChI is InChI=1S/C16H17N5O2/c1-10(15-17-9-18-21(15)3)19-16(23)12-8-14(22)20(2)13-7-5-4-6-11(12)13/h4-10H,1-3H3,(H,19,23). The first-order valence-electron chi connectivity index (χ1n) is 7.22. The summed E-state index contributed by atoms with van der Waals surface area (Å²) in [5, 5.41) is 7.60. The fourth-order valence-corrected chi connectivity index (χ4v) is 2.63. The van der Waals surface area contributed by atoms with E-state index in [2.05, 4.69) is 15.4 Å². The molecule has 1 unspecified atom stereocenters. The summed E-state index contributed by atoms with van der Waals surface area (Å²) in [6.45, 7) is 1.82. The number of rotatable bonds is 3. The predicted octanol–water partition coefficient (Wildman–Crippen LogP) is 1.16. The molecule has 0 fully saturated rings. The minimum atomic E-state index is -0.321. The van der Waals surface area contributed by atoms with E-state index < -0.39 is 0 Å². The zero-order chi connectivity index (χ0) is 16.6. The Morgan fingerprint density at radius 1 is 1.26 bits per heavy atom. The molecule has 3 rings (SSSR count). The van der Waals surface area contributed by atoms with Gasteiger partial charge in [-0.15, -0.1) is 0 Å². The Kier molecular flexibility index (Phi) is 3.69. The molecule has 118 valence electrons. The van der Waals surface area contributed by atoms with Crippen molar-refractivity contribution >= 4 is 16.8 Å². The third-order valence-corrected chi connectivity index (χ3v) is 3.88. The summed E-state index contributed by atoms with van der Waals surface area (Å²) in [6.07, 6.45) is 1.44. The van der Waals surface area contributed by atoms with E-state index >= 15 is 0 Å². The van der Waals surface area contributed by atoms with E-state index in [0.717, 1.165) is 10.9 Å². The van der Waals surface area contributed by atoms with Crippen LogP contribution in [0, 0.1) is 0 Å². The number of carbonyl (C=O) groups excluding carboxylic acids is 1. The summed E-state index contributed by atoms with van der Waals surface area (Å²) in [5.74, 6) is 0.334. The van der Waals surface area contributed by atoms with Crippen LogP contribution in [0.4, 0.5) is 0 Å². The quantitative estimate of drug-likeness (QED) is 0.787. The zero-order valence-corrected chi connectivity index (χ0v) is 13.1. The molecule has 1 atom stereocenters. The molecule has 1 amide bonds. The van der Waals surface area contributed by atoms with Crippen molar-refractivity contribution in [3.63, 3.8) is 0 Å². The van der Waals surface area contributed by atoms with E-state index in [1.165, 1.54) is 17.0 Å². The van der Waals surface area contributed by atoms with Crippen LogP contribution >= 0.6 is 0 Å². The molecule has 0 aliphatic carbocycles. The lowest BCUT2D eigenvalue weighted by atomic mass is 10.1. The van der Waals surface area contributed by atoms with Crippen molar-refractivity contribution in [1.82, 2.24) is 24.6 Å². The van der Waals surface area contributed by atoms with Gasteiger partial charge in [0.25, 0.3) is 11.5 Å². The lowest BCUT2D eigenvalue weighted by molar-refractivity contribution is 0.0939. The van der Waals surface area contributed by atoms with E-state index in [9.17, 15) is 9.59 Å². The molecule has 1 N–H and O–H groups in total. The average molecular weight is 311 g/mol. The largest absolute Gasteiger partial charge is 0.342 e. The fourth-order valence-electron chi connectivity index (χ4n) is 2.63. The van der Waals surface area contributed by atoms with Crippen LogP contribution in [0.1, 0.15) is 29.1 Å². The van der Waals surface area contributed by atoms with Crippen molar-refractivity contribution in [2.75, 3.05) is 0 Å². The lowest BCUT2D eigenvalue weighted by Crippen LogP contribution is -2.30. The number of hydrogen-bond acceptors (Lipinski definition) is 4. The van der Waals surface area contributed by atoms with Crippen LogP contribution in [0.5, 0.6) is 0 Å². The van der Waals surface area contributed by atoms with Crippen LogP contribution < -0.4 is 10.9 Å². The zero-order valence-electron chi connectivity index (χ0n) is 13.1.